The summed E-state index contributed by atoms with van der Waals surface area (Å²) >= 11 is 0. The van der Waals surface area contributed by atoms with E-state index in [9.17, 15) is 9.59 Å². The van der Waals surface area contributed by atoms with Gasteiger partial charge in [0.15, 0.2) is 0 Å². The molecule has 5 heteroatoms. The van der Waals surface area contributed by atoms with E-state index in [1.54, 1.807) is 0 Å². The van der Waals surface area contributed by atoms with E-state index in [-0.39, 0.29) is 29.8 Å². The Balaban J connectivity index is 1.91. The Morgan fingerprint density at radius 1 is 1.39 bits per heavy atom. The zero-order valence-electron chi connectivity index (χ0n) is 10.9. The van der Waals surface area contributed by atoms with Crippen LogP contribution >= 0.6 is 0 Å². The van der Waals surface area contributed by atoms with Crippen LogP contribution in [0.15, 0.2) is 0 Å². The molecule has 0 spiro atoms. The van der Waals surface area contributed by atoms with E-state index in [1.165, 1.54) is 0 Å². The Morgan fingerprint density at radius 2 is 2.17 bits per heavy atom. The van der Waals surface area contributed by atoms with Crippen molar-refractivity contribution in [2.75, 3.05) is 6.54 Å². The van der Waals surface area contributed by atoms with Crippen LogP contribution in [0.4, 0.5) is 0 Å². The molecule has 1 aliphatic carbocycles. The van der Waals surface area contributed by atoms with E-state index in [4.69, 9.17) is 5.73 Å². The summed E-state index contributed by atoms with van der Waals surface area (Å²) in [7, 11) is 0. The fourth-order valence-corrected chi connectivity index (χ4v) is 2.89. The van der Waals surface area contributed by atoms with Gasteiger partial charge in [-0.1, -0.05) is 6.92 Å². The molecule has 0 aromatic carbocycles. The van der Waals surface area contributed by atoms with Crippen molar-refractivity contribution in [2.45, 2.75) is 51.1 Å². The molecule has 1 saturated heterocycles. The highest BCUT2D eigenvalue weighted by Crippen LogP contribution is 2.28. The maximum absolute atomic E-state index is 12.2. The SMILES string of the molecule is CC1CCC(N)C(C(=O)NC2CCCNC2=O)C1. The Hall–Kier alpha value is -1.10. The normalized spacial score (nSPS) is 36.9. The number of nitrogens with one attached hydrogen (secondary N) is 2. The molecule has 2 aliphatic rings. The van der Waals surface area contributed by atoms with E-state index in [0.717, 1.165) is 32.1 Å². The molecule has 0 aromatic rings. The average Bonchev–Trinajstić information content (AvgIpc) is 2.35. The Morgan fingerprint density at radius 3 is 2.89 bits per heavy atom. The third-order valence-corrected chi connectivity index (χ3v) is 4.10. The monoisotopic (exact) mass is 253 g/mol. The van der Waals surface area contributed by atoms with Crippen LogP contribution in [-0.4, -0.2) is 30.4 Å². The summed E-state index contributed by atoms with van der Waals surface area (Å²) in [5, 5.41) is 5.63. The highest BCUT2D eigenvalue weighted by molar-refractivity contribution is 5.89. The summed E-state index contributed by atoms with van der Waals surface area (Å²) < 4.78 is 0. The summed E-state index contributed by atoms with van der Waals surface area (Å²) in [6.07, 6.45) is 4.48. The molecule has 1 heterocycles. The molecule has 2 amide bonds. The van der Waals surface area contributed by atoms with Crippen LogP contribution in [0.25, 0.3) is 0 Å². The maximum Gasteiger partial charge on any atom is 0.242 e. The lowest BCUT2D eigenvalue weighted by Gasteiger charge is -2.33. The molecule has 0 aromatic heterocycles. The molecule has 102 valence electrons. The highest BCUT2D eigenvalue weighted by Gasteiger charge is 2.34. The molecule has 2 fully saturated rings. The second kappa shape index (κ2) is 5.69. The number of hydrogen-bond acceptors (Lipinski definition) is 3. The van der Waals surface area contributed by atoms with Crippen molar-refractivity contribution >= 4 is 11.8 Å². The third kappa shape index (κ3) is 3.02. The summed E-state index contributed by atoms with van der Waals surface area (Å²) in [5.41, 5.74) is 6.02. The smallest absolute Gasteiger partial charge is 0.242 e. The third-order valence-electron chi connectivity index (χ3n) is 4.10. The van der Waals surface area contributed by atoms with E-state index in [0.29, 0.717) is 12.5 Å². The first-order valence-corrected chi connectivity index (χ1v) is 6.91. The first kappa shape index (κ1) is 13.3. The summed E-state index contributed by atoms with van der Waals surface area (Å²) in [5.74, 6) is 0.298. The minimum Gasteiger partial charge on any atom is -0.354 e. The maximum atomic E-state index is 12.2. The largest absolute Gasteiger partial charge is 0.354 e. The zero-order chi connectivity index (χ0) is 13.1. The van der Waals surface area contributed by atoms with Gasteiger partial charge in [0.25, 0.3) is 0 Å². The average molecular weight is 253 g/mol. The Bertz CT molecular complexity index is 332. The predicted octanol–water partition coefficient (Wildman–Crippen LogP) is 0.145. The second-order valence-electron chi connectivity index (χ2n) is 5.68. The first-order chi connectivity index (χ1) is 8.58. The van der Waals surface area contributed by atoms with Gasteiger partial charge in [-0.2, -0.15) is 0 Å². The van der Waals surface area contributed by atoms with Crippen molar-refractivity contribution in [3.05, 3.63) is 0 Å². The van der Waals surface area contributed by atoms with Crippen LogP contribution in [0.3, 0.4) is 0 Å². The standard InChI is InChI=1S/C13H23N3O2/c1-8-4-5-10(14)9(7-8)12(17)16-11-3-2-6-15-13(11)18/h8-11H,2-7,14H2,1H3,(H,15,18)(H,16,17). The topological polar surface area (TPSA) is 84.2 Å². The second-order valence-corrected chi connectivity index (χ2v) is 5.68. The van der Waals surface area contributed by atoms with Crippen molar-refractivity contribution in [1.29, 1.82) is 0 Å². The lowest BCUT2D eigenvalue weighted by atomic mass is 9.78. The number of nitrogens with two attached hydrogens (primary N) is 1. The van der Waals surface area contributed by atoms with E-state index < -0.39 is 0 Å². The van der Waals surface area contributed by atoms with E-state index in [1.807, 2.05) is 0 Å². The number of carbonyl (C=O) groups excluding carboxylic acids is 2. The minimum atomic E-state index is -0.365. The molecular weight excluding hydrogens is 230 g/mol. The van der Waals surface area contributed by atoms with Crippen LogP contribution < -0.4 is 16.4 Å². The predicted molar refractivity (Wildman–Crippen MR) is 68.7 cm³/mol. The van der Waals surface area contributed by atoms with Crippen molar-refractivity contribution in [2.24, 2.45) is 17.6 Å². The number of piperidine rings is 1. The van der Waals surface area contributed by atoms with Gasteiger partial charge in [0.1, 0.15) is 6.04 Å². The number of amides is 2. The molecule has 4 atom stereocenters. The van der Waals surface area contributed by atoms with E-state index in [2.05, 4.69) is 17.6 Å². The lowest BCUT2D eigenvalue weighted by Crippen LogP contribution is -2.54. The fraction of sp³-hybridized carbons (Fsp3) is 0.846. The molecule has 4 N–H and O–H groups in total. The van der Waals surface area contributed by atoms with Gasteiger partial charge in [-0.3, -0.25) is 9.59 Å². The summed E-state index contributed by atoms with van der Waals surface area (Å²) in [6, 6.07) is -0.427. The first-order valence-electron chi connectivity index (χ1n) is 6.91. The van der Waals surface area contributed by atoms with Gasteiger partial charge in [-0.25, -0.2) is 0 Å². The van der Waals surface area contributed by atoms with Crippen LogP contribution in [0.2, 0.25) is 0 Å². The van der Waals surface area contributed by atoms with Gasteiger partial charge in [-0.05, 0) is 38.0 Å². The van der Waals surface area contributed by atoms with Crippen LogP contribution in [-0.2, 0) is 9.59 Å². The minimum absolute atomic E-state index is 0.0453. The van der Waals surface area contributed by atoms with Crippen LogP contribution in [0.5, 0.6) is 0 Å². The zero-order valence-corrected chi connectivity index (χ0v) is 10.9. The van der Waals surface area contributed by atoms with Gasteiger partial charge in [0.2, 0.25) is 11.8 Å². The van der Waals surface area contributed by atoms with Crippen molar-refractivity contribution in [1.82, 2.24) is 10.6 Å². The Kier molecular flexibility index (Phi) is 4.22. The van der Waals surface area contributed by atoms with Crippen molar-refractivity contribution in [3.63, 3.8) is 0 Å². The lowest BCUT2D eigenvalue weighted by molar-refractivity contribution is -0.133. The van der Waals surface area contributed by atoms with Crippen molar-refractivity contribution < 1.29 is 9.59 Å². The van der Waals surface area contributed by atoms with Gasteiger partial charge < -0.3 is 16.4 Å². The van der Waals surface area contributed by atoms with Gasteiger partial charge in [0.05, 0.1) is 5.92 Å². The molecule has 2 rings (SSSR count). The van der Waals surface area contributed by atoms with Gasteiger partial charge in [0, 0.05) is 12.6 Å². The van der Waals surface area contributed by atoms with E-state index >= 15 is 0 Å². The molecular formula is C13H23N3O2. The molecule has 0 bridgehead atoms. The summed E-state index contributed by atoms with van der Waals surface area (Å²) in [4.78, 5) is 23.8. The number of carbonyl (C=O) groups is 2. The number of rotatable bonds is 2. The van der Waals surface area contributed by atoms with Gasteiger partial charge in [-0.15, -0.1) is 0 Å². The van der Waals surface area contributed by atoms with Gasteiger partial charge >= 0.3 is 0 Å². The molecule has 5 nitrogen and oxygen atoms in total. The Labute approximate surface area is 108 Å². The molecule has 0 radical (unpaired) electrons. The van der Waals surface area contributed by atoms with Crippen LogP contribution in [0.1, 0.15) is 39.0 Å². The summed E-state index contributed by atoms with van der Waals surface area (Å²) in [6.45, 7) is 2.87. The molecule has 18 heavy (non-hydrogen) atoms. The quantitative estimate of drug-likeness (QED) is 0.654. The molecule has 4 unspecified atom stereocenters. The molecule has 1 saturated carbocycles. The van der Waals surface area contributed by atoms with Crippen molar-refractivity contribution in [3.8, 4) is 0 Å². The fourth-order valence-electron chi connectivity index (χ4n) is 2.89. The highest BCUT2D eigenvalue weighted by atomic mass is 16.2. The van der Waals surface area contributed by atoms with Crippen LogP contribution in [0, 0.1) is 11.8 Å². The number of hydrogen-bond donors (Lipinski definition) is 3. The molecule has 1 aliphatic heterocycles.